The second kappa shape index (κ2) is 7.85. The summed E-state index contributed by atoms with van der Waals surface area (Å²) in [4.78, 5) is 4.88. The standard InChI is InChI=1S/C23H20ClFN8S/c1-12-19-16(9-18(14-5-6-14)26-22(19)31(2)29-12)20-27-28-23(34)33(20)21-17(24)11-32(30-21)10-13-3-7-15(25)8-4-13/h3-4,7-9,11,14H,5-6,10H2,1-2H3,(H,28,34). The van der Waals surface area contributed by atoms with Crippen LogP contribution in [0.2, 0.25) is 5.02 Å². The van der Waals surface area contributed by atoms with Gasteiger partial charge in [-0.05, 0) is 55.7 Å². The van der Waals surface area contributed by atoms with E-state index in [0.717, 1.165) is 46.4 Å². The summed E-state index contributed by atoms with van der Waals surface area (Å²) >= 11 is 12.2. The van der Waals surface area contributed by atoms with Gasteiger partial charge in [0.1, 0.15) is 10.8 Å². The smallest absolute Gasteiger partial charge is 0.201 e. The summed E-state index contributed by atoms with van der Waals surface area (Å²) in [6, 6.07) is 8.37. The Hall–Kier alpha value is -3.37. The molecule has 0 amide bonds. The highest BCUT2D eigenvalue weighted by atomic mass is 35.5. The van der Waals surface area contributed by atoms with Gasteiger partial charge in [-0.15, -0.1) is 0 Å². The van der Waals surface area contributed by atoms with E-state index >= 15 is 0 Å². The lowest BCUT2D eigenvalue weighted by atomic mass is 10.1. The maximum atomic E-state index is 13.3. The van der Waals surface area contributed by atoms with Crippen molar-refractivity contribution in [2.75, 3.05) is 0 Å². The van der Waals surface area contributed by atoms with Crippen molar-refractivity contribution in [3.8, 4) is 17.2 Å². The molecule has 1 fully saturated rings. The molecule has 0 spiro atoms. The Morgan fingerprint density at radius 1 is 1.21 bits per heavy atom. The molecule has 1 aromatic carbocycles. The lowest BCUT2D eigenvalue weighted by Crippen LogP contribution is -2.05. The van der Waals surface area contributed by atoms with Gasteiger partial charge < -0.3 is 0 Å². The highest BCUT2D eigenvalue weighted by Gasteiger charge is 2.29. The van der Waals surface area contributed by atoms with E-state index in [1.807, 2.05) is 14.0 Å². The van der Waals surface area contributed by atoms with Crippen molar-refractivity contribution in [1.82, 2.24) is 39.3 Å². The van der Waals surface area contributed by atoms with Crippen molar-refractivity contribution < 1.29 is 4.39 Å². The predicted octanol–water partition coefficient (Wildman–Crippen LogP) is 5.10. The fourth-order valence-corrected chi connectivity index (χ4v) is 4.75. The Bertz CT molecular complexity index is 1610. The lowest BCUT2D eigenvalue weighted by Gasteiger charge is -2.09. The van der Waals surface area contributed by atoms with Crippen LogP contribution in [0.1, 0.15) is 35.7 Å². The predicted molar refractivity (Wildman–Crippen MR) is 129 cm³/mol. The molecule has 8 nitrogen and oxygen atoms in total. The fraction of sp³-hybridized carbons (Fsp3) is 0.261. The van der Waals surface area contributed by atoms with E-state index in [2.05, 4.69) is 26.5 Å². The minimum Gasteiger partial charge on any atom is -0.265 e. The van der Waals surface area contributed by atoms with Crippen LogP contribution in [0.5, 0.6) is 0 Å². The summed E-state index contributed by atoms with van der Waals surface area (Å²) in [6.07, 6.45) is 3.98. The quantitative estimate of drug-likeness (QED) is 0.344. The largest absolute Gasteiger partial charge is 0.265 e. The number of nitrogens with zero attached hydrogens (tertiary/aromatic N) is 7. The van der Waals surface area contributed by atoms with Crippen LogP contribution in [-0.4, -0.2) is 39.3 Å². The molecule has 1 aliphatic rings. The normalized spacial score (nSPS) is 13.8. The van der Waals surface area contributed by atoms with Crippen molar-refractivity contribution >= 4 is 34.9 Å². The van der Waals surface area contributed by atoms with Crippen LogP contribution in [0.4, 0.5) is 4.39 Å². The number of aromatic nitrogens is 8. The summed E-state index contributed by atoms with van der Waals surface area (Å²) in [5.74, 6) is 1.24. The van der Waals surface area contributed by atoms with Crippen molar-refractivity contribution in [3.63, 3.8) is 0 Å². The average Bonchev–Trinajstić information content (AvgIpc) is 3.42. The van der Waals surface area contributed by atoms with Crippen LogP contribution < -0.4 is 0 Å². The number of pyridine rings is 1. The van der Waals surface area contributed by atoms with Gasteiger partial charge in [0.2, 0.25) is 4.77 Å². The molecule has 0 unspecified atom stereocenters. The fourth-order valence-electron chi connectivity index (χ4n) is 4.30. The minimum atomic E-state index is -0.280. The summed E-state index contributed by atoms with van der Waals surface area (Å²) < 4.78 is 18.9. The molecule has 1 aliphatic carbocycles. The van der Waals surface area contributed by atoms with E-state index in [9.17, 15) is 4.39 Å². The first-order chi connectivity index (χ1) is 16.4. The Kier molecular flexibility index (Phi) is 4.89. The molecule has 0 aliphatic heterocycles. The van der Waals surface area contributed by atoms with Gasteiger partial charge in [-0.25, -0.2) is 13.9 Å². The molecule has 5 aromatic rings. The molecular weight excluding hydrogens is 475 g/mol. The third-order valence-electron chi connectivity index (χ3n) is 6.07. The van der Waals surface area contributed by atoms with Crippen LogP contribution in [0.25, 0.3) is 28.2 Å². The monoisotopic (exact) mass is 494 g/mol. The number of aromatic amines is 1. The maximum absolute atomic E-state index is 13.3. The molecule has 1 N–H and O–H groups in total. The van der Waals surface area contributed by atoms with Crippen LogP contribution in [0, 0.1) is 17.5 Å². The van der Waals surface area contributed by atoms with E-state index in [0.29, 0.717) is 33.9 Å². The Labute approximate surface area is 204 Å². The maximum Gasteiger partial charge on any atom is 0.201 e. The Balaban J connectivity index is 1.50. The van der Waals surface area contributed by atoms with Crippen LogP contribution in [0.3, 0.4) is 0 Å². The van der Waals surface area contributed by atoms with Crippen molar-refractivity contribution in [2.24, 2.45) is 7.05 Å². The van der Waals surface area contributed by atoms with Crippen molar-refractivity contribution in [3.05, 3.63) is 69.1 Å². The minimum absolute atomic E-state index is 0.280. The van der Waals surface area contributed by atoms with E-state index in [1.165, 1.54) is 12.1 Å². The van der Waals surface area contributed by atoms with Gasteiger partial charge in [0.05, 0.1) is 17.6 Å². The second-order valence-corrected chi connectivity index (χ2v) is 9.38. The molecule has 4 aromatic heterocycles. The van der Waals surface area contributed by atoms with Crippen LogP contribution in [0.15, 0.2) is 36.5 Å². The summed E-state index contributed by atoms with van der Waals surface area (Å²) in [7, 11) is 1.90. The molecule has 172 valence electrons. The van der Waals surface area contributed by atoms with Gasteiger partial charge in [-0.1, -0.05) is 23.7 Å². The molecule has 0 bridgehead atoms. The van der Waals surface area contributed by atoms with Crippen molar-refractivity contribution in [2.45, 2.75) is 32.2 Å². The van der Waals surface area contributed by atoms with Gasteiger partial charge in [0.25, 0.3) is 0 Å². The van der Waals surface area contributed by atoms with Gasteiger partial charge >= 0.3 is 0 Å². The number of hydrogen-bond donors (Lipinski definition) is 1. The first-order valence-electron chi connectivity index (χ1n) is 10.9. The topological polar surface area (TPSA) is 82.1 Å². The first kappa shape index (κ1) is 21.2. The zero-order valence-electron chi connectivity index (χ0n) is 18.5. The summed E-state index contributed by atoms with van der Waals surface area (Å²) in [6.45, 7) is 2.40. The Morgan fingerprint density at radius 3 is 2.71 bits per heavy atom. The molecule has 0 saturated heterocycles. The van der Waals surface area contributed by atoms with Gasteiger partial charge in [-0.2, -0.15) is 15.3 Å². The molecular formula is C23H20ClFN8S. The molecule has 34 heavy (non-hydrogen) atoms. The highest BCUT2D eigenvalue weighted by Crippen LogP contribution is 2.42. The van der Waals surface area contributed by atoms with E-state index < -0.39 is 0 Å². The number of fused-ring (bicyclic) bond motifs is 1. The zero-order valence-corrected chi connectivity index (χ0v) is 20.0. The Morgan fingerprint density at radius 2 is 1.97 bits per heavy atom. The number of hydrogen-bond acceptors (Lipinski definition) is 5. The lowest BCUT2D eigenvalue weighted by molar-refractivity contribution is 0.624. The highest BCUT2D eigenvalue weighted by molar-refractivity contribution is 7.71. The first-order valence-corrected chi connectivity index (χ1v) is 11.7. The number of H-pyrrole nitrogens is 1. The molecule has 0 radical (unpaired) electrons. The summed E-state index contributed by atoms with van der Waals surface area (Å²) in [5.41, 5.74) is 4.48. The molecule has 1 saturated carbocycles. The van der Waals surface area contributed by atoms with E-state index in [4.69, 9.17) is 28.8 Å². The average molecular weight is 495 g/mol. The summed E-state index contributed by atoms with van der Waals surface area (Å²) in [5, 5.41) is 18.1. The van der Waals surface area contributed by atoms with Gasteiger partial charge in [0, 0.05) is 30.4 Å². The number of nitrogens with one attached hydrogen (secondary N) is 1. The molecule has 4 heterocycles. The van der Waals surface area contributed by atoms with Gasteiger partial charge in [0.15, 0.2) is 17.3 Å². The molecule has 11 heteroatoms. The second-order valence-electron chi connectivity index (χ2n) is 8.59. The van der Waals surface area contributed by atoms with Crippen LogP contribution in [-0.2, 0) is 13.6 Å². The van der Waals surface area contributed by atoms with Crippen LogP contribution >= 0.6 is 23.8 Å². The number of halogens is 2. The number of aryl methyl sites for hydroxylation is 2. The number of rotatable bonds is 5. The zero-order chi connectivity index (χ0) is 23.6. The SMILES string of the molecule is Cc1nn(C)c2nc(C3CC3)cc(-c3n[nH]c(=S)n3-c3nn(Cc4ccc(F)cc4)cc3Cl)c12. The number of benzene rings is 1. The molecule has 0 atom stereocenters. The third kappa shape index (κ3) is 3.54. The van der Waals surface area contributed by atoms with E-state index in [-0.39, 0.29) is 5.82 Å². The van der Waals surface area contributed by atoms with Gasteiger partial charge in [-0.3, -0.25) is 14.5 Å². The van der Waals surface area contributed by atoms with E-state index in [1.54, 1.807) is 32.3 Å². The third-order valence-corrected chi connectivity index (χ3v) is 6.61. The molecule has 6 rings (SSSR count). The van der Waals surface area contributed by atoms with Crippen molar-refractivity contribution in [1.29, 1.82) is 0 Å².